The number of benzene rings is 1. The molecule has 1 aliphatic carbocycles. The number of rotatable bonds is 7. The summed E-state index contributed by atoms with van der Waals surface area (Å²) in [7, 11) is 1.60. The average Bonchev–Trinajstić information content (AvgIpc) is 3.34. The van der Waals surface area contributed by atoms with E-state index in [0.717, 1.165) is 36.3 Å². The Morgan fingerprint density at radius 1 is 1.45 bits per heavy atom. The summed E-state index contributed by atoms with van der Waals surface area (Å²) in [5.41, 5.74) is 1.06. The first-order valence-corrected chi connectivity index (χ1v) is 8.04. The molecule has 2 rings (SSSR count). The van der Waals surface area contributed by atoms with Gasteiger partial charge in [0.15, 0.2) is 0 Å². The largest absolute Gasteiger partial charge is 0.490 e. The Kier molecular flexibility index (Phi) is 5.12. The third kappa shape index (κ3) is 3.61. The molecule has 0 aromatic heterocycles. The fourth-order valence-electron chi connectivity index (χ4n) is 2.49. The molecular formula is C18H27NO3. The molecule has 4 heteroatoms. The Hall–Kier alpha value is -1.55. The molecule has 0 aliphatic heterocycles. The van der Waals surface area contributed by atoms with Crippen LogP contribution >= 0.6 is 0 Å². The van der Waals surface area contributed by atoms with Gasteiger partial charge in [0, 0.05) is 12.8 Å². The molecule has 0 spiro atoms. The summed E-state index contributed by atoms with van der Waals surface area (Å²) < 4.78 is 11.3. The smallest absolute Gasteiger partial charge is 0.256 e. The molecule has 2 unspecified atom stereocenters. The van der Waals surface area contributed by atoms with Crippen molar-refractivity contribution in [3.8, 4) is 5.75 Å². The molecule has 1 saturated carbocycles. The highest BCUT2D eigenvalue weighted by molar-refractivity contribution is 5.97. The highest BCUT2D eigenvalue weighted by atomic mass is 16.5. The Morgan fingerprint density at radius 3 is 2.64 bits per heavy atom. The predicted octanol–water partition coefficient (Wildman–Crippen LogP) is 3.93. The first-order chi connectivity index (χ1) is 10.4. The molecule has 122 valence electrons. The van der Waals surface area contributed by atoms with E-state index < -0.39 is 5.60 Å². The van der Waals surface area contributed by atoms with Crippen molar-refractivity contribution >= 4 is 11.6 Å². The Morgan fingerprint density at radius 2 is 2.14 bits per heavy atom. The minimum atomic E-state index is -0.736. The summed E-state index contributed by atoms with van der Waals surface area (Å²) in [5, 5.41) is 2.97. The standard InChI is InChI=1S/C18H27NO3/c1-6-13(3)22-16-10-9-15(11-12(16)2)19-17(20)18(4,21-5)14-7-8-14/h9-11,13-14H,6-8H2,1-5H3,(H,19,20). The summed E-state index contributed by atoms with van der Waals surface area (Å²) in [6.07, 6.45) is 3.26. The second-order valence-electron chi connectivity index (χ2n) is 6.36. The summed E-state index contributed by atoms with van der Waals surface area (Å²) >= 11 is 0. The number of anilines is 1. The van der Waals surface area contributed by atoms with E-state index in [0.29, 0.717) is 5.92 Å². The monoisotopic (exact) mass is 305 g/mol. The molecule has 0 bridgehead atoms. The zero-order chi connectivity index (χ0) is 16.3. The highest BCUT2D eigenvalue weighted by Crippen LogP contribution is 2.42. The van der Waals surface area contributed by atoms with Crippen molar-refractivity contribution < 1.29 is 14.3 Å². The van der Waals surface area contributed by atoms with E-state index in [4.69, 9.17) is 9.47 Å². The van der Waals surface area contributed by atoms with Gasteiger partial charge in [-0.25, -0.2) is 0 Å². The van der Waals surface area contributed by atoms with E-state index in [1.54, 1.807) is 7.11 Å². The number of carbonyl (C=O) groups excluding carboxylic acids is 1. The molecule has 0 saturated heterocycles. The van der Waals surface area contributed by atoms with Crippen molar-refractivity contribution in [2.75, 3.05) is 12.4 Å². The number of hydrogen-bond donors (Lipinski definition) is 1. The third-order valence-electron chi connectivity index (χ3n) is 4.57. The summed E-state index contributed by atoms with van der Waals surface area (Å²) in [4.78, 5) is 12.5. The Balaban J connectivity index is 2.07. The number of hydrogen-bond acceptors (Lipinski definition) is 3. The number of ether oxygens (including phenoxy) is 2. The number of carbonyl (C=O) groups is 1. The van der Waals surface area contributed by atoms with E-state index in [9.17, 15) is 4.79 Å². The van der Waals surface area contributed by atoms with Crippen molar-refractivity contribution in [2.45, 2.75) is 58.7 Å². The molecule has 2 atom stereocenters. The maximum atomic E-state index is 12.5. The van der Waals surface area contributed by atoms with Gasteiger partial charge in [0.25, 0.3) is 5.91 Å². The second kappa shape index (κ2) is 6.69. The summed E-state index contributed by atoms with van der Waals surface area (Å²) in [6, 6.07) is 5.74. The van der Waals surface area contributed by atoms with E-state index >= 15 is 0 Å². The van der Waals surface area contributed by atoms with Gasteiger partial charge in [0.05, 0.1) is 6.10 Å². The maximum Gasteiger partial charge on any atom is 0.256 e. The molecule has 0 radical (unpaired) electrons. The summed E-state index contributed by atoms with van der Waals surface area (Å²) in [5.74, 6) is 1.11. The first kappa shape index (κ1) is 16.8. The van der Waals surface area contributed by atoms with Gasteiger partial charge in [-0.15, -0.1) is 0 Å². The number of aryl methyl sites for hydroxylation is 1. The topological polar surface area (TPSA) is 47.6 Å². The van der Waals surface area contributed by atoms with Crippen molar-refractivity contribution in [3.05, 3.63) is 23.8 Å². The van der Waals surface area contributed by atoms with Gasteiger partial charge >= 0.3 is 0 Å². The van der Waals surface area contributed by atoms with Crippen LogP contribution in [0.15, 0.2) is 18.2 Å². The molecule has 1 fully saturated rings. The molecule has 22 heavy (non-hydrogen) atoms. The molecule has 4 nitrogen and oxygen atoms in total. The lowest BCUT2D eigenvalue weighted by molar-refractivity contribution is -0.138. The zero-order valence-electron chi connectivity index (χ0n) is 14.2. The van der Waals surface area contributed by atoms with Crippen LogP contribution in [-0.4, -0.2) is 24.7 Å². The van der Waals surface area contributed by atoms with Crippen LogP contribution in [0, 0.1) is 12.8 Å². The SMILES string of the molecule is CCC(C)Oc1ccc(NC(=O)C(C)(OC)C2CC2)cc1C. The fourth-order valence-corrected chi connectivity index (χ4v) is 2.49. The minimum Gasteiger partial charge on any atom is -0.490 e. The van der Waals surface area contributed by atoms with Gasteiger partial charge < -0.3 is 14.8 Å². The number of nitrogens with one attached hydrogen (secondary N) is 1. The highest BCUT2D eigenvalue weighted by Gasteiger charge is 2.47. The minimum absolute atomic E-state index is 0.0764. The van der Waals surface area contributed by atoms with Gasteiger partial charge in [-0.3, -0.25) is 4.79 Å². The molecule has 1 aliphatic rings. The van der Waals surface area contributed by atoms with Crippen LogP contribution in [0.25, 0.3) is 0 Å². The van der Waals surface area contributed by atoms with Crippen LogP contribution in [-0.2, 0) is 9.53 Å². The molecule has 1 amide bonds. The lowest BCUT2D eigenvalue weighted by Gasteiger charge is -2.27. The van der Waals surface area contributed by atoms with Crippen molar-refractivity contribution in [2.24, 2.45) is 5.92 Å². The van der Waals surface area contributed by atoms with Crippen LogP contribution < -0.4 is 10.1 Å². The van der Waals surface area contributed by atoms with Crippen molar-refractivity contribution in [1.82, 2.24) is 0 Å². The van der Waals surface area contributed by atoms with Gasteiger partial charge in [-0.2, -0.15) is 0 Å². The van der Waals surface area contributed by atoms with E-state index in [1.165, 1.54) is 0 Å². The molecule has 0 heterocycles. The lowest BCUT2D eigenvalue weighted by Crippen LogP contribution is -2.44. The summed E-state index contributed by atoms with van der Waals surface area (Å²) in [6.45, 7) is 8.00. The molecule has 1 aromatic rings. The quantitative estimate of drug-likeness (QED) is 0.830. The lowest BCUT2D eigenvalue weighted by atomic mass is 9.99. The normalized spacial score (nSPS) is 18.4. The Labute approximate surface area is 133 Å². The average molecular weight is 305 g/mol. The van der Waals surface area contributed by atoms with E-state index in [1.807, 2.05) is 32.0 Å². The molecule has 1 aromatic carbocycles. The van der Waals surface area contributed by atoms with E-state index in [2.05, 4.69) is 19.2 Å². The number of amides is 1. The van der Waals surface area contributed by atoms with Crippen LogP contribution in [0.1, 0.15) is 45.6 Å². The van der Waals surface area contributed by atoms with Crippen molar-refractivity contribution in [1.29, 1.82) is 0 Å². The van der Waals surface area contributed by atoms with Gasteiger partial charge in [0.1, 0.15) is 11.4 Å². The van der Waals surface area contributed by atoms with Gasteiger partial charge in [-0.05, 0) is 69.7 Å². The van der Waals surface area contributed by atoms with Crippen LogP contribution in [0.5, 0.6) is 5.75 Å². The van der Waals surface area contributed by atoms with Gasteiger partial charge in [0.2, 0.25) is 0 Å². The molecule has 1 N–H and O–H groups in total. The predicted molar refractivity (Wildman–Crippen MR) is 88.3 cm³/mol. The zero-order valence-corrected chi connectivity index (χ0v) is 14.2. The van der Waals surface area contributed by atoms with Crippen LogP contribution in [0.4, 0.5) is 5.69 Å². The second-order valence-corrected chi connectivity index (χ2v) is 6.36. The third-order valence-corrected chi connectivity index (χ3v) is 4.57. The first-order valence-electron chi connectivity index (χ1n) is 8.04. The number of methoxy groups -OCH3 is 1. The molecular weight excluding hydrogens is 278 g/mol. The fraction of sp³-hybridized carbons (Fsp3) is 0.611. The van der Waals surface area contributed by atoms with Crippen molar-refractivity contribution in [3.63, 3.8) is 0 Å². The van der Waals surface area contributed by atoms with Gasteiger partial charge in [-0.1, -0.05) is 6.92 Å². The maximum absolute atomic E-state index is 12.5. The van der Waals surface area contributed by atoms with E-state index in [-0.39, 0.29) is 12.0 Å². The van der Waals surface area contributed by atoms with Crippen LogP contribution in [0.3, 0.4) is 0 Å². The Bertz CT molecular complexity index is 539. The van der Waals surface area contributed by atoms with Crippen LogP contribution in [0.2, 0.25) is 0 Å².